The fourth-order valence-corrected chi connectivity index (χ4v) is 10.1. The zero-order valence-electron chi connectivity index (χ0n) is 40.2. The number of aliphatic hydroxyl groups is 14. The van der Waals surface area contributed by atoms with Gasteiger partial charge >= 0.3 is 0 Å². The second-order valence-corrected chi connectivity index (χ2v) is 18.5. The molecule has 22 heterocycles. The van der Waals surface area contributed by atoms with Gasteiger partial charge in [0.1, 0.15) is 153 Å². The molecule has 1 unspecified atom stereocenters. The van der Waals surface area contributed by atoms with Gasteiger partial charge in [0, 0.05) is 21.3 Å². The standard InChI is InChI=1S/C42H73NO30/c1-5-18(43)67-36-26(57)42-66-17(11-49)32(36)73-41-25(56)35(60-4)30(16(10-48)65-41)71-40-24(55)34(59-3)29(14(8-46)64-40)70-38-22(53)20(51)27(12(6-44)62-38)68-37-21(52)19(50)28(13(7-45)61-37)69-39-23(54)33(58-2)31(72-42)15(9-47)63-39/h12-42,44-57H,5-11,43H2,1-4H3/t12-,13-,14-,15-,16-,17-,18?,19-,20-,21-,22-,23-,24-,25-,26-,27-,28-,29+,30+,31+,32+,33-,34-,35-,36-,37-,38-,39-,40-,41-,42-/m1/s1. The van der Waals surface area contributed by atoms with Gasteiger partial charge in [-0.1, -0.05) is 6.92 Å². The van der Waals surface area contributed by atoms with Crippen LogP contribution in [-0.2, 0) is 75.8 Å². The lowest BCUT2D eigenvalue weighted by molar-refractivity contribution is -0.406. The number of methoxy groups -OCH3 is 3. The van der Waals surface area contributed by atoms with Gasteiger partial charge in [0.25, 0.3) is 0 Å². The number of nitrogens with two attached hydrogens (primary N) is 1. The Labute approximate surface area is 417 Å². The Bertz CT molecular complexity index is 1670. The molecule has 0 aromatic rings. The predicted octanol–water partition coefficient (Wildman–Crippen LogP) is -10.4. The highest BCUT2D eigenvalue weighted by Gasteiger charge is 2.59. The molecule has 426 valence electrons. The van der Waals surface area contributed by atoms with Crippen molar-refractivity contribution >= 4 is 0 Å². The molecule has 31 heteroatoms. The van der Waals surface area contributed by atoms with Gasteiger partial charge in [0.15, 0.2) is 37.7 Å². The van der Waals surface area contributed by atoms with Gasteiger partial charge < -0.3 is 153 Å². The second kappa shape index (κ2) is 26.1. The Kier molecular flexibility index (Phi) is 21.3. The molecule has 0 spiro atoms. The molecular weight excluding hydrogens is 998 g/mol. The number of ether oxygens (including phenoxy) is 16. The summed E-state index contributed by atoms with van der Waals surface area (Å²) in [7, 11) is 3.46. The monoisotopic (exact) mass is 1070 g/mol. The Hall–Kier alpha value is -1.24. The van der Waals surface area contributed by atoms with Gasteiger partial charge in [-0.15, -0.1) is 0 Å². The van der Waals surface area contributed by atoms with Gasteiger partial charge in [-0.2, -0.15) is 0 Å². The highest BCUT2D eigenvalue weighted by molar-refractivity contribution is 5.02. The van der Waals surface area contributed by atoms with Crippen molar-refractivity contribution in [2.45, 2.75) is 204 Å². The van der Waals surface area contributed by atoms with Gasteiger partial charge in [0.2, 0.25) is 0 Å². The molecule has 22 aliphatic rings. The summed E-state index contributed by atoms with van der Waals surface area (Å²) in [6, 6.07) is 0. The lowest BCUT2D eigenvalue weighted by Gasteiger charge is -2.51. The predicted molar refractivity (Wildman–Crippen MR) is 227 cm³/mol. The van der Waals surface area contributed by atoms with Crippen LogP contribution in [0.2, 0.25) is 0 Å². The lowest BCUT2D eigenvalue weighted by Crippen LogP contribution is -2.69. The van der Waals surface area contributed by atoms with Crippen LogP contribution in [0.25, 0.3) is 0 Å². The molecule has 31 atom stereocenters. The van der Waals surface area contributed by atoms with Crippen molar-refractivity contribution in [1.29, 1.82) is 0 Å². The molecule has 73 heavy (non-hydrogen) atoms. The van der Waals surface area contributed by atoms with Crippen molar-refractivity contribution in [3.05, 3.63) is 0 Å². The first kappa shape index (κ1) is 59.4. The van der Waals surface area contributed by atoms with E-state index in [1.165, 1.54) is 7.11 Å². The SMILES string of the molecule is CCC(N)O[C@@H]1[C@@H](O)[C@H]2O[C@@H]3[C@H](OC)[C@@H](O)[C@@H](O[C@H]4[C@H](O)[C@@H](O)[C@@H](O[C@H]5[C@H](O)[C@@H](O)[C@@H](O[C@@H]6[C@H](OC)[C@@H](O)[C@@H](O[C@@H]7[C@H](OC)[C@@H](O)[C@@H](O[C@H]1[C@@H](CO)O2)O[C@@H]7CO)O[C@@H]6CO)O[C@@H]5CO)O[C@@H]4CO)O[C@@H]3CO. The molecule has 0 saturated carbocycles. The van der Waals surface area contributed by atoms with Crippen molar-refractivity contribution in [3.63, 3.8) is 0 Å². The van der Waals surface area contributed by atoms with E-state index in [1.54, 1.807) is 6.92 Å². The lowest BCUT2D eigenvalue weighted by atomic mass is 9.94. The first-order valence-electron chi connectivity index (χ1n) is 23.9. The van der Waals surface area contributed by atoms with Crippen LogP contribution in [0.5, 0.6) is 0 Å². The highest BCUT2D eigenvalue weighted by Crippen LogP contribution is 2.39. The van der Waals surface area contributed by atoms with E-state index in [9.17, 15) is 71.5 Å². The minimum absolute atomic E-state index is 0.171. The molecule has 31 nitrogen and oxygen atoms in total. The fourth-order valence-electron chi connectivity index (χ4n) is 10.1. The molecular formula is C42H73NO30. The molecule has 22 rings (SSSR count). The summed E-state index contributed by atoms with van der Waals surface area (Å²) in [6.07, 6.45) is -52.8. The van der Waals surface area contributed by atoms with Gasteiger partial charge in [0.05, 0.1) is 39.6 Å². The Morgan fingerprint density at radius 1 is 0.329 bits per heavy atom. The maximum Gasteiger partial charge on any atom is 0.187 e. The smallest absolute Gasteiger partial charge is 0.187 e. The van der Waals surface area contributed by atoms with Gasteiger partial charge in [-0.25, -0.2) is 0 Å². The minimum Gasteiger partial charge on any atom is -0.394 e. The number of hydrogen-bond acceptors (Lipinski definition) is 31. The normalized spacial score (nSPS) is 51.7. The molecule has 22 saturated heterocycles. The van der Waals surface area contributed by atoms with Crippen LogP contribution in [0.15, 0.2) is 0 Å². The first-order chi connectivity index (χ1) is 35.0. The number of rotatable bonds is 12. The molecule has 22 aliphatic heterocycles. The van der Waals surface area contributed by atoms with E-state index in [4.69, 9.17) is 81.5 Å². The summed E-state index contributed by atoms with van der Waals surface area (Å²) in [5.41, 5.74) is 6.21. The Morgan fingerprint density at radius 2 is 0.548 bits per heavy atom. The van der Waals surface area contributed by atoms with E-state index in [2.05, 4.69) is 0 Å². The zero-order valence-corrected chi connectivity index (χ0v) is 40.2. The highest BCUT2D eigenvalue weighted by atomic mass is 16.8. The van der Waals surface area contributed by atoms with Gasteiger partial charge in [-0.3, -0.25) is 0 Å². The second-order valence-electron chi connectivity index (χ2n) is 18.5. The van der Waals surface area contributed by atoms with Crippen LogP contribution in [0.4, 0.5) is 0 Å². The van der Waals surface area contributed by atoms with E-state index >= 15 is 0 Å². The van der Waals surface area contributed by atoms with Gasteiger partial charge in [-0.05, 0) is 6.42 Å². The van der Waals surface area contributed by atoms with Crippen LogP contribution < -0.4 is 5.73 Å². The Morgan fingerprint density at radius 3 is 0.795 bits per heavy atom. The van der Waals surface area contributed by atoms with Crippen LogP contribution in [0, 0.1) is 0 Å². The third kappa shape index (κ3) is 12.0. The van der Waals surface area contributed by atoms with Crippen molar-refractivity contribution in [1.82, 2.24) is 0 Å². The molecule has 0 aliphatic carbocycles. The van der Waals surface area contributed by atoms with E-state index < -0.39 is 230 Å². The summed E-state index contributed by atoms with van der Waals surface area (Å²) < 4.78 is 94.5. The van der Waals surface area contributed by atoms with Crippen LogP contribution in [0.3, 0.4) is 0 Å². The maximum absolute atomic E-state index is 11.9. The third-order valence-corrected chi connectivity index (χ3v) is 14.1. The van der Waals surface area contributed by atoms with Crippen LogP contribution in [-0.4, -0.2) is 323 Å². The first-order valence-corrected chi connectivity index (χ1v) is 23.9. The molecule has 0 radical (unpaired) electrons. The van der Waals surface area contributed by atoms with Crippen molar-refractivity contribution in [2.24, 2.45) is 5.73 Å². The number of aliphatic hydroxyl groups excluding tert-OH is 14. The maximum atomic E-state index is 11.9. The van der Waals surface area contributed by atoms with Crippen molar-refractivity contribution in [2.75, 3.05) is 61.0 Å². The molecule has 0 amide bonds. The average Bonchev–Trinajstić information content (AvgIpc) is 3.39. The van der Waals surface area contributed by atoms with E-state index in [-0.39, 0.29) is 6.42 Å². The molecule has 22 fully saturated rings. The van der Waals surface area contributed by atoms with Crippen LogP contribution in [0.1, 0.15) is 13.3 Å². The summed E-state index contributed by atoms with van der Waals surface area (Å²) in [5.74, 6) is 0. The minimum atomic E-state index is -2.09. The largest absolute Gasteiger partial charge is 0.394 e. The van der Waals surface area contributed by atoms with Crippen LogP contribution >= 0.6 is 0 Å². The fraction of sp³-hybridized carbons (Fsp3) is 1.00. The summed E-state index contributed by atoms with van der Waals surface area (Å²) in [4.78, 5) is 0. The van der Waals surface area contributed by atoms with Crippen molar-refractivity contribution < 1.29 is 147 Å². The topological polar surface area (TPSA) is 457 Å². The van der Waals surface area contributed by atoms with E-state index in [0.717, 1.165) is 14.2 Å². The Balaban J connectivity index is 1.25. The van der Waals surface area contributed by atoms with Crippen molar-refractivity contribution in [3.8, 4) is 0 Å². The summed E-state index contributed by atoms with van der Waals surface area (Å²) >= 11 is 0. The molecule has 12 bridgehead atoms. The number of hydrogen-bond donors (Lipinski definition) is 15. The molecule has 0 aromatic heterocycles. The van der Waals surface area contributed by atoms with E-state index in [0.29, 0.717) is 0 Å². The summed E-state index contributed by atoms with van der Waals surface area (Å²) in [5, 5.41) is 156. The summed E-state index contributed by atoms with van der Waals surface area (Å²) in [6.45, 7) is -3.71. The zero-order chi connectivity index (χ0) is 53.2. The average molecular weight is 1070 g/mol. The quantitative estimate of drug-likeness (QED) is 0.0807. The molecule has 16 N–H and O–H groups in total. The third-order valence-electron chi connectivity index (χ3n) is 14.1. The van der Waals surface area contributed by atoms with E-state index in [1.807, 2.05) is 0 Å². The molecule has 0 aromatic carbocycles.